The summed E-state index contributed by atoms with van der Waals surface area (Å²) >= 11 is 0. The molecule has 0 bridgehead atoms. The highest BCUT2D eigenvalue weighted by molar-refractivity contribution is 6.00. The number of carbonyl (C=O) groups excluding carboxylic acids is 1. The average molecular weight is 329 g/mol. The van der Waals surface area contributed by atoms with Gasteiger partial charge in [-0.1, -0.05) is 13.3 Å². The van der Waals surface area contributed by atoms with E-state index in [1.54, 1.807) is 7.11 Å². The van der Waals surface area contributed by atoms with Crippen LogP contribution in [0.2, 0.25) is 0 Å². The molecule has 0 N–H and O–H groups in total. The molecule has 1 unspecified atom stereocenters. The van der Waals surface area contributed by atoms with Crippen molar-refractivity contribution in [2.45, 2.75) is 58.3 Å². The molecule has 0 amide bonds. The second-order valence-electron chi connectivity index (χ2n) is 7.31. The van der Waals surface area contributed by atoms with Gasteiger partial charge in [0, 0.05) is 18.0 Å². The van der Waals surface area contributed by atoms with Crippen molar-refractivity contribution in [1.82, 2.24) is 4.90 Å². The van der Waals surface area contributed by atoms with Crippen LogP contribution in [0.4, 0.5) is 0 Å². The lowest BCUT2D eigenvalue weighted by molar-refractivity contribution is 0.0862. The van der Waals surface area contributed by atoms with Crippen LogP contribution in [0.5, 0.6) is 5.75 Å². The van der Waals surface area contributed by atoms with Crippen LogP contribution in [0, 0.1) is 5.92 Å². The fraction of sp³-hybridized carbons (Fsp3) is 0.667. The number of benzene rings is 1. The highest BCUT2D eigenvalue weighted by Crippen LogP contribution is 2.33. The zero-order valence-electron chi connectivity index (χ0n) is 15.3. The number of carbonyl (C=O) groups is 1. The molecule has 0 aromatic heterocycles. The van der Waals surface area contributed by atoms with Gasteiger partial charge in [0.25, 0.3) is 0 Å². The van der Waals surface area contributed by atoms with Crippen LogP contribution in [0.15, 0.2) is 12.1 Å². The molecule has 1 heterocycles. The number of hydrogen-bond donors (Lipinski definition) is 0. The zero-order valence-corrected chi connectivity index (χ0v) is 15.3. The van der Waals surface area contributed by atoms with Crippen LogP contribution in [0.25, 0.3) is 0 Å². The number of piperidine rings is 1. The quantitative estimate of drug-likeness (QED) is 0.730. The summed E-state index contributed by atoms with van der Waals surface area (Å²) in [4.78, 5) is 15.7. The molecule has 3 heteroatoms. The summed E-state index contributed by atoms with van der Waals surface area (Å²) in [6, 6.07) is 4.02. The Morgan fingerprint density at radius 2 is 1.79 bits per heavy atom. The number of Topliss-reactive ketones (excluding diaryl/α,β-unsaturated/α-hetero) is 1. The minimum absolute atomic E-state index is 0.127. The highest BCUT2D eigenvalue weighted by atomic mass is 16.5. The van der Waals surface area contributed by atoms with Gasteiger partial charge in [0.05, 0.1) is 7.11 Å². The summed E-state index contributed by atoms with van der Waals surface area (Å²) in [5.74, 6) is 1.44. The van der Waals surface area contributed by atoms with Crippen molar-refractivity contribution in [3.05, 3.63) is 28.8 Å². The van der Waals surface area contributed by atoms with Crippen LogP contribution in [-0.2, 0) is 12.8 Å². The van der Waals surface area contributed by atoms with Gasteiger partial charge >= 0.3 is 0 Å². The second-order valence-corrected chi connectivity index (χ2v) is 7.31. The van der Waals surface area contributed by atoms with Crippen molar-refractivity contribution >= 4 is 5.78 Å². The maximum Gasteiger partial charge on any atom is 0.167 e. The number of ether oxygens (including phenoxy) is 1. The Labute approximate surface area is 146 Å². The van der Waals surface area contributed by atoms with Gasteiger partial charge in [0.15, 0.2) is 5.78 Å². The first-order valence-electron chi connectivity index (χ1n) is 9.70. The Morgan fingerprint density at radius 1 is 1.08 bits per heavy atom. The molecule has 3 nitrogen and oxygen atoms in total. The normalized spacial score (nSPS) is 19.6. The van der Waals surface area contributed by atoms with Gasteiger partial charge in [-0.05, 0) is 81.3 Å². The Kier molecular flexibility index (Phi) is 5.94. The standard InChI is InChI=1S/C21H31NO2/c1-3-16(15-22-13-7-4-8-14-22)21(23)19-11-12-20(24-2)18-10-6-5-9-17(18)19/h11-12,16H,3-10,13-15H2,1-2H3. The van der Waals surface area contributed by atoms with Crippen LogP contribution < -0.4 is 4.74 Å². The lowest BCUT2D eigenvalue weighted by Crippen LogP contribution is -2.37. The predicted molar refractivity (Wildman–Crippen MR) is 98.0 cm³/mol. The number of methoxy groups -OCH3 is 1. The zero-order chi connectivity index (χ0) is 16.9. The molecule has 0 spiro atoms. The molecule has 1 aromatic carbocycles. The van der Waals surface area contributed by atoms with Crippen LogP contribution in [0.3, 0.4) is 0 Å². The minimum atomic E-state index is 0.127. The maximum absolute atomic E-state index is 13.3. The van der Waals surface area contributed by atoms with E-state index >= 15 is 0 Å². The lowest BCUT2D eigenvalue weighted by atomic mass is 9.83. The summed E-state index contributed by atoms with van der Waals surface area (Å²) in [5.41, 5.74) is 3.51. The molecule has 1 aliphatic carbocycles. The minimum Gasteiger partial charge on any atom is -0.496 e. The second kappa shape index (κ2) is 8.15. The maximum atomic E-state index is 13.3. The van der Waals surface area contributed by atoms with E-state index in [1.807, 2.05) is 12.1 Å². The first-order chi connectivity index (χ1) is 11.7. The van der Waals surface area contributed by atoms with Gasteiger partial charge in [-0.3, -0.25) is 4.79 Å². The molecule has 0 radical (unpaired) electrons. The fourth-order valence-corrected chi connectivity index (χ4v) is 4.33. The molecule has 1 aliphatic heterocycles. The number of nitrogens with zero attached hydrogens (tertiary/aromatic N) is 1. The third kappa shape index (κ3) is 3.66. The molecule has 1 atom stereocenters. The first kappa shape index (κ1) is 17.5. The smallest absolute Gasteiger partial charge is 0.167 e. The van der Waals surface area contributed by atoms with E-state index in [1.165, 1.54) is 43.2 Å². The van der Waals surface area contributed by atoms with Gasteiger partial charge in [0.2, 0.25) is 0 Å². The van der Waals surface area contributed by atoms with Gasteiger partial charge in [0.1, 0.15) is 5.75 Å². The van der Waals surface area contributed by atoms with E-state index in [-0.39, 0.29) is 5.92 Å². The number of fused-ring (bicyclic) bond motifs is 1. The average Bonchev–Trinajstić information content (AvgIpc) is 2.65. The van der Waals surface area contributed by atoms with Crippen molar-refractivity contribution in [2.24, 2.45) is 5.92 Å². The van der Waals surface area contributed by atoms with Crippen molar-refractivity contribution < 1.29 is 9.53 Å². The molecule has 0 saturated carbocycles. The number of rotatable bonds is 6. The molecule has 1 aromatic rings. The van der Waals surface area contributed by atoms with Crippen molar-refractivity contribution in [3.63, 3.8) is 0 Å². The van der Waals surface area contributed by atoms with Gasteiger partial charge in [-0.25, -0.2) is 0 Å². The van der Waals surface area contributed by atoms with Crippen LogP contribution >= 0.6 is 0 Å². The van der Waals surface area contributed by atoms with E-state index in [4.69, 9.17) is 4.74 Å². The molecular formula is C21H31NO2. The van der Waals surface area contributed by atoms with Crippen molar-refractivity contribution in [2.75, 3.05) is 26.7 Å². The highest BCUT2D eigenvalue weighted by Gasteiger charge is 2.27. The van der Waals surface area contributed by atoms with E-state index in [9.17, 15) is 4.79 Å². The lowest BCUT2D eigenvalue weighted by Gasteiger charge is -2.30. The fourth-order valence-electron chi connectivity index (χ4n) is 4.33. The molecule has 3 rings (SSSR count). The monoisotopic (exact) mass is 329 g/mol. The van der Waals surface area contributed by atoms with E-state index in [0.717, 1.165) is 50.2 Å². The Balaban J connectivity index is 1.82. The summed E-state index contributed by atoms with van der Waals surface area (Å²) in [6.07, 6.45) is 9.28. The third-order valence-electron chi connectivity index (χ3n) is 5.77. The van der Waals surface area contributed by atoms with Crippen molar-refractivity contribution in [3.8, 4) is 5.75 Å². The van der Waals surface area contributed by atoms with E-state index < -0.39 is 0 Å². The molecule has 132 valence electrons. The number of ketones is 1. The summed E-state index contributed by atoms with van der Waals surface area (Å²) in [6.45, 7) is 5.40. The summed E-state index contributed by atoms with van der Waals surface area (Å²) < 4.78 is 5.54. The van der Waals surface area contributed by atoms with Gasteiger partial charge in [-0.2, -0.15) is 0 Å². The van der Waals surface area contributed by atoms with Crippen LogP contribution in [-0.4, -0.2) is 37.4 Å². The molecule has 1 saturated heterocycles. The van der Waals surface area contributed by atoms with Crippen LogP contribution in [0.1, 0.15) is 66.9 Å². The Morgan fingerprint density at radius 3 is 2.46 bits per heavy atom. The molecular weight excluding hydrogens is 298 g/mol. The molecule has 2 aliphatic rings. The third-order valence-corrected chi connectivity index (χ3v) is 5.77. The number of hydrogen-bond acceptors (Lipinski definition) is 3. The van der Waals surface area contributed by atoms with E-state index in [0.29, 0.717) is 5.78 Å². The van der Waals surface area contributed by atoms with Crippen molar-refractivity contribution in [1.29, 1.82) is 0 Å². The molecule has 1 fully saturated rings. The molecule has 24 heavy (non-hydrogen) atoms. The Hall–Kier alpha value is -1.35. The Bertz CT molecular complexity index is 575. The largest absolute Gasteiger partial charge is 0.496 e. The SMILES string of the molecule is CCC(CN1CCCCC1)C(=O)c1ccc(OC)c2c1CCCC2. The topological polar surface area (TPSA) is 29.5 Å². The van der Waals surface area contributed by atoms with Gasteiger partial charge < -0.3 is 9.64 Å². The summed E-state index contributed by atoms with van der Waals surface area (Å²) in [5, 5.41) is 0. The first-order valence-corrected chi connectivity index (χ1v) is 9.70. The van der Waals surface area contributed by atoms with Gasteiger partial charge in [-0.15, -0.1) is 0 Å². The summed E-state index contributed by atoms with van der Waals surface area (Å²) in [7, 11) is 1.73. The number of likely N-dealkylation sites (tertiary alicyclic amines) is 1. The predicted octanol–water partition coefficient (Wildman–Crippen LogP) is 4.27. The van der Waals surface area contributed by atoms with E-state index in [2.05, 4.69) is 11.8 Å².